The van der Waals surface area contributed by atoms with E-state index in [-0.39, 0.29) is 16.8 Å². The van der Waals surface area contributed by atoms with Gasteiger partial charge in [0.25, 0.3) is 0 Å². The van der Waals surface area contributed by atoms with Crippen molar-refractivity contribution in [3.05, 3.63) is 53.6 Å². The van der Waals surface area contributed by atoms with Crippen molar-refractivity contribution in [2.75, 3.05) is 20.2 Å². The van der Waals surface area contributed by atoms with Crippen molar-refractivity contribution in [1.82, 2.24) is 5.32 Å². The lowest BCUT2D eigenvalue weighted by atomic mass is 9.32. The number of ether oxygens (including phenoxy) is 1. The molecule has 4 saturated carbocycles. The molecule has 5 heteroatoms. The van der Waals surface area contributed by atoms with Crippen molar-refractivity contribution < 1.29 is 19.4 Å². The Morgan fingerprint density at radius 1 is 0.936 bits per heavy atom. The van der Waals surface area contributed by atoms with E-state index in [0.29, 0.717) is 57.8 Å². The maximum Gasteiger partial charge on any atom is 0.335 e. The highest BCUT2D eigenvalue weighted by molar-refractivity contribution is 5.88. The van der Waals surface area contributed by atoms with E-state index >= 15 is 0 Å². The second kappa shape index (κ2) is 12.2. The summed E-state index contributed by atoms with van der Waals surface area (Å²) in [6.45, 7) is 21.8. The minimum Gasteiger partial charge on any atom is -0.478 e. The fourth-order valence-electron chi connectivity index (χ4n) is 13.3. The van der Waals surface area contributed by atoms with Gasteiger partial charge in [0.05, 0.1) is 12.7 Å². The maximum absolute atomic E-state index is 11.7. The highest BCUT2D eigenvalue weighted by Crippen LogP contribution is 2.77. The average molecular weight is 644 g/mol. The molecule has 0 radical (unpaired) electrons. The van der Waals surface area contributed by atoms with Gasteiger partial charge in [-0.2, -0.15) is 0 Å². The summed E-state index contributed by atoms with van der Waals surface area (Å²) in [5.74, 6) is 2.31. The monoisotopic (exact) mass is 643 g/mol. The lowest BCUT2D eigenvalue weighted by Crippen LogP contribution is -2.65. The Hall–Kier alpha value is -2.40. The Morgan fingerprint density at radius 2 is 1.66 bits per heavy atom. The van der Waals surface area contributed by atoms with Crippen LogP contribution in [0.4, 0.5) is 0 Å². The Labute approximate surface area is 284 Å². The topological polar surface area (TPSA) is 75.6 Å². The van der Waals surface area contributed by atoms with Crippen molar-refractivity contribution in [2.24, 2.45) is 56.7 Å². The van der Waals surface area contributed by atoms with Crippen LogP contribution >= 0.6 is 0 Å². The summed E-state index contributed by atoms with van der Waals surface area (Å²) in [5, 5.41) is 13.3. The fraction of sp³-hybridized carbons (Fsp3) is 0.714. The SMILES string of the molecule is C=C(C)[C@@H]1CC[C@]2(CNCCCC(=O)OC)CC[C@]3(C)[C@H](CC[C@@H]4[C@@]5(C)CC=C(c6ccc(C(=O)O)cc6)C(C)(C)[C@@H]5CC[C@]43C)[C@@H]12. The molecule has 2 N–H and O–H groups in total. The normalized spacial score (nSPS) is 40.2. The number of esters is 1. The van der Waals surface area contributed by atoms with Crippen molar-refractivity contribution in [1.29, 1.82) is 0 Å². The van der Waals surface area contributed by atoms with Gasteiger partial charge in [-0.1, -0.05) is 65.0 Å². The first-order valence-corrected chi connectivity index (χ1v) is 18.6. The number of carboxylic acids is 1. The van der Waals surface area contributed by atoms with Crippen LogP contribution in [0.2, 0.25) is 0 Å². The smallest absolute Gasteiger partial charge is 0.335 e. The average Bonchev–Trinajstić information content (AvgIpc) is 3.41. The summed E-state index contributed by atoms with van der Waals surface area (Å²) in [4.78, 5) is 23.2. The molecule has 0 bridgehead atoms. The van der Waals surface area contributed by atoms with Crippen molar-refractivity contribution in [3.63, 3.8) is 0 Å². The van der Waals surface area contributed by atoms with Crippen LogP contribution in [-0.2, 0) is 9.53 Å². The Morgan fingerprint density at radius 3 is 2.32 bits per heavy atom. The van der Waals surface area contributed by atoms with Crippen molar-refractivity contribution in [2.45, 2.75) is 112 Å². The first-order valence-electron chi connectivity index (χ1n) is 18.6. The minimum absolute atomic E-state index is 0.0224. The molecule has 0 spiro atoms. The number of hydrogen-bond donors (Lipinski definition) is 2. The number of carbonyl (C=O) groups is 2. The van der Waals surface area contributed by atoms with Crippen molar-refractivity contribution in [3.8, 4) is 0 Å². The van der Waals surface area contributed by atoms with Gasteiger partial charge < -0.3 is 15.2 Å². The number of nitrogens with one attached hydrogen (secondary N) is 1. The van der Waals surface area contributed by atoms with Gasteiger partial charge in [-0.3, -0.25) is 4.79 Å². The number of methoxy groups -OCH3 is 1. The number of hydrogen-bond acceptors (Lipinski definition) is 4. The van der Waals surface area contributed by atoms with E-state index in [2.05, 4.69) is 59.5 Å². The molecule has 4 fully saturated rings. The van der Waals surface area contributed by atoms with Crippen LogP contribution < -0.4 is 5.32 Å². The molecule has 5 nitrogen and oxygen atoms in total. The van der Waals surface area contributed by atoms with E-state index < -0.39 is 5.97 Å². The molecule has 0 amide bonds. The molecule has 1 aromatic rings. The summed E-state index contributed by atoms with van der Waals surface area (Å²) >= 11 is 0. The van der Waals surface area contributed by atoms with Gasteiger partial charge in [-0.15, -0.1) is 0 Å². The Bertz CT molecular complexity index is 1430. The number of allylic oxidation sites excluding steroid dienone is 3. The Balaban J connectivity index is 1.27. The second-order valence-corrected chi connectivity index (χ2v) is 17.8. The standard InChI is InChI=1S/C42H61NO4/c1-27(2)30-17-22-42(26-43-25-9-10-35(44)47-8)24-23-40(6)32(36(30)42)15-16-34-39(5)20-18-31(28-11-13-29(14-12-28)37(45)46)38(3,4)33(39)19-21-41(34,40)7/h11-14,18,30,32-34,36,43H,1,9-10,15-17,19-26H2,2-8H3,(H,45,46)/t30-,32+,33-,34+,36+,39-,40+,41+,42+/m0/s1. The number of aromatic carboxylic acids is 1. The van der Waals surface area contributed by atoms with E-state index in [9.17, 15) is 14.7 Å². The van der Waals surface area contributed by atoms with Crippen LogP contribution in [0.3, 0.4) is 0 Å². The van der Waals surface area contributed by atoms with Gasteiger partial charge in [0, 0.05) is 13.0 Å². The zero-order chi connectivity index (χ0) is 34.0. The number of carbonyl (C=O) groups excluding carboxylic acids is 1. The van der Waals surface area contributed by atoms with Crippen LogP contribution in [0.25, 0.3) is 5.57 Å². The van der Waals surface area contributed by atoms with E-state index in [1.165, 1.54) is 75.2 Å². The first-order chi connectivity index (χ1) is 22.1. The van der Waals surface area contributed by atoms with Crippen LogP contribution in [0.5, 0.6) is 0 Å². The van der Waals surface area contributed by atoms with Gasteiger partial charge in [-0.05, 0) is 158 Å². The molecule has 5 aliphatic carbocycles. The van der Waals surface area contributed by atoms with Gasteiger partial charge in [-0.25, -0.2) is 4.79 Å². The number of rotatable bonds is 9. The summed E-state index contributed by atoms with van der Waals surface area (Å²) < 4.78 is 4.87. The third kappa shape index (κ3) is 5.27. The summed E-state index contributed by atoms with van der Waals surface area (Å²) in [6.07, 6.45) is 15.3. The fourth-order valence-corrected chi connectivity index (χ4v) is 13.3. The molecule has 0 aliphatic heterocycles. The third-order valence-electron chi connectivity index (χ3n) is 15.7. The zero-order valence-corrected chi connectivity index (χ0v) is 30.3. The number of benzene rings is 1. The van der Waals surface area contributed by atoms with Gasteiger partial charge in [0.15, 0.2) is 0 Å². The number of fused-ring (bicyclic) bond motifs is 7. The largest absolute Gasteiger partial charge is 0.478 e. The predicted octanol–water partition coefficient (Wildman–Crippen LogP) is 9.58. The molecule has 9 atom stereocenters. The number of carboxylic acid groups (broad SMARTS) is 1. The van der Waals surface area contributed by atoms with E-state index in [1.807, 2.05) is 12.1 Å². The van der Waals surface area contributed by atoms with E-state index in [4.69, 9.17) is 4.74 Å². The Kier molecular flexibility index (Phi) is 8.93. The predicted molar refractivity (Wildman–Crippen MR) is 190 cm³/mol. The van der Waals surface area contributed by atoms with Crippen LogP contribution in [0.1, 0.15) is 128 Å². The van der Waals surface area contributed by atoms with E-state index in [0.717, 1.165) is 25.9 Å². The van der Waals surface area contributed by atoms with Crippen molar-refractivity contribution >= 4 is 17.5 Å². The lowest BCUT2D eigenvalue weighted by molar-refractivity contribution is -0.225. The quantitative estimate of drug-likeness (QED) is 0.159. The molecule has 0 unspecified atom stereocenters. The molecule has 6 rings (SSSR count). The van der Waals surface area contributed by atoms with Crippen LogP contribution in [0.15, 0.2) is 42.5 Å². The third-order valence-corrected chi connectivity index (χ3v) is 15.7. The van der Waals surface area contributed by atoms with E-state index in [1.54, 1.807) is 12.1 Å². The molecule has 0 saturated heterocycles. The maximum atomic E-state index is 11.7. The molecular weight excluding hydrogens is 582 g/mol. The molecular formula is C42H61NO4. The molecule has 0 aromatic heterocycles. The molecule has 0 heterocycles. The van der Waals surface area contributed by atoms with Gasteiger partial charge in [0.1, 0.15) is 0 Å². The minimum atomic E-state index is -0.865. The van der Waals surface area contributed by atoms with Crippen LogP contribution in [-0.4, -0.2) is 37.2 Å². The van der Waals surface area contributed by atoms with Gasteiger partial charge in [0.2, 0.25) is 0 Å². The molecule has 1 aromatic carbocycles. The molecule has 258 valence electrons. The second-order valence-electron chi connectivity index (χ2n) is 17.8. The molecule has 47 heavy (non-hydrogen) atoms. The molecule has 5 aliphatic rings. The van der Waals surface area contributed by atoms with Gasteiger partial charge >= 0.3 is 11.9 Å². The first kappa shape index (κ1) is 34.5. The van der Waals surface area contributed by atoms with Crippen LogP contribution in [0, 0.1) is 56.7 Å². The summed E-state index contributed by atoms with van der Waals surface area (Å²) in [6, 6.07) is 7.59. The lowest BCUT2D eigenvalue weighted by Gasteiger charge is -2.72. The highest BCUT2D eigenvalue weighted by Gasteiger charge is 2.70. The summed E-state index contributed by atoms with van der Waals surface area (Å²) in [5.41, 5.74) is 5.52. The zero-order valence-electron chi connectivity index (χ0n) is 30.3. The summed E-state index contributed by atoms with van der Waals surface area (Å²) in [7, 11) is 1.48. The highest BCUT2D eigenvalue weighted by atomic mass is 16.5.